The van der Waals surface area contributed by atoms with Crippen LogP contribution < -0.4 is 4.74 Å². The third-order valence-corrected chi connectivity index (χ3v) is 6.99. The van der Waals surface area contributed by atoms with Gasteiger partial charge in [0.15, 0.2) is 0 Å². The molecule has 1 aliphatic rings. The van der Waals surface area contributed by atoms with Gasteiger partial charge in [-0.3, -0.25) is 0 Å². The number of hydrogen-bond acceptors (Lipinski definition) is 6. The maximum Gasteiger partial charge on any atom is 0.416 e. The minimum Gasteiger partial charge on any atom is -0.496 e. The summed E-state index contributed by atoms with van der Waals surface area (Å²) in [5.41, 5.74) is -0.480. The summed E-state index contributed by atoms with van der Waals surface area (Å²) in [5.74, 6) is 0.0740. The first kappa shape index (κ1) is 26.1. The SMILES string of the molecule is COc1cc(C(F)(F)F)ccc1-c1nnc(S[C@@H]2CCCN(C(=O)OC(C)(C)C)C2)c2ccccc12. The third kappa shape index (κ3) is 5.86. The van der Waals surface area contributed by atoms with Crippen molar-refractivity contribution in [1.82, 2.24) is 15.1 Å². The van der Waals surface area contributed by atoms with Crippen LogP contribution in [0.3, 0.4) is 0 Å². The number of nitrogens with zero attached hydrogens (tertiary/aromatic N) is 3. The van der Waals surface area contributed by atoms with Gasteiger partial charge in [0.2, 0.25) is 0 Å². The van der Waals surface area contributed by atoms with Crippen molar-refractivity contribution in [2.45, 2.75) is 55.7 Å². The number of methoxy groups -OCH3 is 1. The molecule has 1 aliphatic heterocycles. The van der Waals surface area contributed by atoms with Crippen LogP contribution >= 0.6 is 11.8 Å². The average Bonchev–Trinajstić information content (AvgIpc) is 2.82. The van der Waals surface area contributed by atoms with Crippen molar-refractivity contribution in [3.8, 4) is 17.0 Å². The highest BCUT2D eigenvalue weighted by atomic mass is 32.2. The van der Waals surface area contributed by atoms with Crippen LogP contribution in [-0.4, -0.2) is 52.2 Å². The molecule has 1 amide bonds. The summed E-state index contributed by atoms with van der Waals surface area (Å²) in [5, 5.41) is 11.3. The van der Waals surface area contributed by atoms with Crippen molar-refractivity contribution in [2.24, 2.45) is 0 Å². The topological polar surface area (TPSA) is 64.6 Å². The molecule has 6 nitrogen and oxygen atoms in total. The van der Waals surface area contributed by atoms with Gasteiger partial charge in [-0.2, -0.15) is 13.2 Å². The molecule has 1 atom stereocenters. The van der Waals surface area contributed by atoms with Crippen molar-refractivity contribution in [3.05, 3.63) is 48.0 Å². The van der Waals surface area contributed by atoms with Crippen LogP contribution in [0.4, 0.5) is 18.0 Å². The van der Waals surface area contributed by atoms with Gasteiger partial charge < -0.3 is 14.4 Å². The highest BCUT2D eigenvalue weighted by molar-refractivity contribution is 8.00. The van der Waals surface area contributed by atoms with Gasteiger partial charge in [0.25, 0.3) is 0 Å². The Labute approximate surface area is 212 Å². The minimum absolute atomic E-state index is 0.0740. The Morgan fingerprint density at radius 3 is 2.47 bits per heavy atom. The van der Waals surface area contributed by atoms with Crippen molar-refractivity contribution >= 4 is 28.6 Å². The van der Waals surface area contributed by atoms with Gasteiger partial charge in [-0.15, -0.1) is 10.2 Å². The van der Waals surface area contributed by atoms with E-state index in [9.17, 15) is 18.0 Å². The van der Waals surface area contributed by atoms with E-state index < -0.39 is 17.3 Å². The van der Waals surface area contributed by atoms with Crippen LogP contribution in [-0.2, 0) is 10.9 Å². The number of alkyl halides is 3. The summed E-state index contributed by atoms with van der Waals surface area (Å²) in [7, 11) is 1.33. The lowest BCUT2D eigenvalue weighted by molar-refractivity contribution is -0.137. The monoisotopic (exact) mass is 519 g/mol. The number of hydrogen-bond donors (Lipinski definition) is 0. The Hall–Kier alpha value is -3.01. The van der Waals surface area contributed by atoms with Crippen LogP contribution in [0.5, 0.6) is 5.75 Å². The van der Waals surface area contributed by atoms with Crippen molar-refractivity contribution < 1.29 is 27.4 Å². The molecule has 0 N–H and O–H groups in total. The second-order valence-corrected chi connectivity index (χ2v) is 10.9. The Bertz CT molecular complexity index is 1260. The van der Waals surface area contributed by atoms with Gasteiger partial charge in [0.1, 0.15) is 22.1 Å². The first-order valence-corrected chi connectivity index (χ1v) is 12.5. The first-order valence-electron chi connectivity index (χ1n) is 11.6. The molecule has 0 aliphatic carbocycles. The average molecular weight is 520 g/mol. The van der Waals surface area contributed by atoms with E-state index in [1.807, 2.05) is 45.0 Å². The Kier molecular flexibility index (Phi) is 7.36. The molecule has 0 unspecified atom stereocenters. The number of carbonyl (C=O) groups is 1. The summed E-state index contributed by atoms with van der Waals surface area (Å²) in [6.07, 6.45) is -3.04. The molecule has 4 rings (SSSR count). The summed E-state index contributed by atoms with van der Waals surface area (Å²) in [4.78, 5) is 14.3. The molecular weight excluding hydrogens is 491 g/mol. The lowest BCUT2D eigenvalue weighted by Gasteiger charge is -2.33. The normalized spacial score (nSPS) is 16.8. The fraction of sp³-hybridized carbons (Fsp3) is 0.423. The van der Waals surface area contributed by atoms with Gasteiger partial charge in [-0.25, -0.2) is 4.79 Å². The molecular formula is C26H28F3N3O3S. The van der Waals surface area contributed by atoms with E-state index in [1.165, 1.54) is 13.2 Å². The number of aromatic nitrogens is 2. The standard InChI is InChI=1S/C26H28F3N3O3S/c1-25(2,3)35-24(33)32-13-7-8-17(15-32)36-23-19-10-6-5-9-18(19)22(30-31-23)20-12-11-16(26(27,28)29)14-21(20)34-4/h5-6,9-12,14,17H,7-8,13,15H2,1-4H3/t17-/m1/s1. The molecule has 1 fully saturated rings. The van der Waals surface area contributed by atoms with Crippen LogP contribution in [0.2, 0.25) is 0 Å². The third-order valence-electron chi connectivity index (χ3n) is 5.75. The molecule has 1 aromatic heterocycles. The quantitative estimate of drug-likeness (QED) is 0.377. The summed E-state index contributed by atoms with van der Waals surface area (Å²) >= 11 is 1.55. The van der Waals surface area contributed by atoms with Gasteiger partial charge in [0.05, 0.1) is 12.7 Å². The Balaban J connectivity index is 1.63. The minimum atomic E-state index is -4.48. The molecule has 2 aromatic carbocycles. The number of amides is 1. The van der Waals surface area contributed by atoms with Gasteiger partial charge in [0, 0.05) is 34.7 Å². The highest BCUT2D eigenvalue weighted by Crippen LogP contribution is 2.40. The molecule has 10 heteroatoms. The molecule has 36 heavy (non-hydrogen) atoms. The summed E-state index contributed by atoms with van der Waals surface area (Å²) in [6, 6.07) is 10.9. The maximum atomic E-state index is 13.2. The van der Waals surface area contributed by atoms with E-state index in [0.717, 1.165) is 35.7 Å². The lowest BCUT2D eigenvalue weighted by Crippen LogP contribution is -2.43. The molecule has 1 saturated heterocycles. The fourth-order valence-corrected chi connectivity index (χ4v) is 5.36. The number of carbonyl (C=O) groups excluding carboxylic acids is 1. The largest absolute Gasteiger partial charge is 0.496 e. The fourth-order valence-electron chi connectivity index (χ4n) is 4.11. The molecule has 2 heterocycles. The number of ether oxygens (including phenoxy) is 2. The zero-order chi connectivity index (χ0) is 26.1. The molecule has 192 valence electrons. The molecule has 0 saturated carbocycles. The Morgan fingerprint density at radius 1 is 1.08 bits per heavy atom. The van der Waals surface area contributed by atoms with E-state index in [2.05, 4.69) is 10.2 Å². The Morgan fingerprint density at radius 2 is 1.81 bits per heavy atom. The van der Waals surface area contributed by atoms with Crippen molar-refractivity contribution in [3.63, 3.8) is 0 Å². The van der Waals surface area contributed by atoms with Crippen molar-refractivity contribution in [1.29, 1.82) is 0 Å². The van der Waals surface area contributed by atoms with Crippen LogP contribution in [0, 0.1) is 0 Å². The zero-order valence-corrected chi connectivity index (χ0v) is 21.4. The number of halogens is 3. The molecule has 0 spiro atoms. The second-order valence-electron chi connectivity index (χ2n) is 9.62. The number of thioether (sulfide) groups is 1. The first-order chi connectivity index (χ1) is 17.0. The number of fused-ring (bicyclic) bond motifs is 1. The van der Waals surface area contributed by atoms with Gasteiger partial charge in [-0.05, 0) is 51.8 Å². The van der Waals surface area contributed by atoms with E-state index in [-0.39, 0.29) is 17.1 Å². The molecule has 0 bridgehead atoms. The zero-order valence-electron chi connectivity index (χ0n) is 20.6. The van der Waals surface area contributed by atoms with E-state index in [1.54, 1.807) is 16.7 Å². The lowest BCUT2D eigenvalue weighted by atomic mass is 10.0. The predicted octanol–water partition coefficient (Wildman–Crippen LogP) is 6.82. The maximum absolute atomic E-state index is 13.2. The van der Waals surface area contributed by atoms with Crippen LogP contribution in [0.15, 0.2) is 47.5 Å². The molecule has 0 radical (unpaired) electrons. The predicted molar refractivity (Wildman–Crippen MR) is 133 cm³/mol. The highest BCUT2D eigenvalue weighted by Gasteiger charge is 2.32. The van der Waals surface area contributed by atoms with Crippen LogP contribution in [0.1, 0.15) is 39.2 Å². The summed E-state index contributed by atoms with van der Waals surface area (Å²) < 4.78 is 50.4. The summed E-state index contributed by atoms with van der Waals surface area (Å²) in [6.45, 7) is 6.71. The number of rotatable bonds is 4. The smallest absolute Gasteiger partial charge is 0.416 e. The van der Waals surface area contributed by atoms with Gasteiger partial charge in [-0.1, -0.05) is 36.0 Å². The van der Waals surface area contributed by atoms with Gasteiger partial charge >= 0.3 is 12.3 Å². The van der Waals surface area contributed by atoms with Crippen LogP contribution in [0.25, 0.3) is 22.0 Å². The number of piperidine rings is 1. The number of likely N-dealkylation sites (tertiary alicyclic amines) is 1. The van der Waals surface area contributed by atoms with E-state index in [4.69, 9.17) is 9.47 Å². The van der Waals surface area contributed by atoms with E-state index in [0.29, 0.717) is 29.4 Å². The molecule has 3 aromatic rings. The second kappa shape index (κ2) is 10.2. The number of benzene rings is 2. The van der Waals surface area contributed by atoms with Crippen molar-refractivity contribution in [2.75, 3.05) is 20.2 Å². The van der Waals surface area contributed by atoms with E-state index >= 15 is 0 Å².